The molecular weight excluding hydrogens is 257 g/mol. The zero-order valence-electron chi connectivity index (χ0n) is 9.42. The van der Waals surface area contributed by atoms with Crippen LogP contribution in [0.3, 0.4) is 0 Å². The van der Waals surface area contributed by atoms with Crippen molar-refractivity contribution in [3.63, 3.8) is 0 Å². The van der Waals surface area contributed by atoms with Gasteiger partial charge in [0.15, 0.2) is 0 Å². The Bertz CT molecular complexity index is 595. The van der Waals surface area contributed by atoms with E-state index in [0.29, 0.717) is 16.1 Å². The van der Waals surface area contributed by atoms with Gasteiger partial charge in [-0.15, -0.1) is 0 Å². The van der Waals surface area contributed by atoms with Crippen LogP contribution >= 0.6 is 11.5 Å². The normalized spacial score (nSPS) is 12.4. The minimum atomic E-state index is -1.30. The van der Waals surface area contributed by atoms with Crippen molar-refractivity contribution in [2.45, 2.75) is 13.0 Å². The van der Waals surface area contributed by atoms with E-state index in [9.17, 15) is 14.3 Å². The van der Waals surface area contributed by atoms with Crippen LogP contribution < -0.4 is 0 Å². The van der Waals surface area contributed by atoms with Gasteiger partial charge in [0, 0.05) is 5.56 Å². The highest BCUT2D eigenvalue weighted by Crippen LogP contribution is 2.27. The second-order valence-corrected chi connectivity index (χ2v) is 4.63. The first-order valence-electron chi connectivity index (χ1n) is 5.17. The summed E-state index contributed by atoms with van der Waals surface area (Å²) in [6, 6.07) is 5.48. The number of hydrogen-bond acceptors (Lipinski definition) is 4. The Morgan fingerprint density at radius 1 is 1.44 bits per heavy atom. The molecule has 0 bridgehead atoms. The van der Waals surface area contributed by atoms with Crippen LogP contribution in [0.4, 0.5) is 4.39 Å². The number of carboxylic acids is 1. The molecule has 4 nitrogen and oxygen atoms in total. The van der Waals surface area contributed by atoms with E-state index < -0.39 is 17.9 Å². The number of aromatic nitrogens is 1. The van der Waals surface area contributed by atoms with Crippen LogP contribution in [0, 0.1) is 5.82 Å². The van der Waals surface area contributed by atoms with Gasteiger partial charge >= 0.3 is 5.97 Å². The molecule has 1 atom stereocenters. The number of halogens is 1. The number of aliphatic hydroxyl groups excluding tert-OH is 1. The lowest BCUT2D eigenvalue weighted by atomic mass is 10.1. The number of nitrogens with zero attached hydrogens (tertiary/aromatic N) is 1. The summed E-state index contributed by atoms with van der Waals surface area (Å²) in [5.41, 5.74) is 0.636. The molecule has 6 heteroatoms. The van der Waals surface area contributed by atoms with Crippen molar-refractivity contribution in [2.24, 2.45) is 0 Å². The maximum Gasteiger partial charge on any atom is 0.338 e. The van der Waals surface area contributed by atoms with E-state index in [1.807, 2.05) is 0 Å². The van der Waals surface area contributed by atoms with Gasteiger partial charge in [-0.05, 0) is 36.7 Å². The summed E-state index contributed by atoms with van der Waals surface area (Å²) in [7, 11) is 0. The molecule has 2 aromatic rings. The Balaban J connectivity index is 2.39. The molecule has 94 valence electrons. The van der Waals surface area contributed by atoms with Crippen molar-refractivity contribution < 1.29 is 19.4 Å². The Kier molecular flexibility index (Phi) is 3.40. The number of carboxylic acid groups (broad SMARTS) is 1. The van der Waals surface area contributed by atoms with E-state index >= 15 is 0 Å². The van der Waals surface area contributed by atoms with Gasteiger partial charge in [-0.25, -0.2) is 9.18 Å². The third-order valence-electron chi connectivity index (χ3n) is 2.44. The largest absolute Gasteiger partial charge is 0.478 e. The van der Waals surface area contributed by atoms with Gasteiger partial charge in [0.25, 0.3) is 0 Å². The molecular formula is C12H10FNO3S. The Morgan fingerprint density at radius 2 is 2.17 bits per heavy atom. The molecule has 1 aromatic heterocycles. The second kappa shape index (κ2) is 4.83. The molecule has 0 aliphatic heterocycles. The number of carbonyl (C=O) groups is 1. The molecule has 1 heterocycles. The van der Waals surface area contributed by atoms with Crippen LogP contribution in [0.1, 0.15) is 28.3 Å². The van der Waals surface area contributed by atoms with E-state index in [4.69, 9.17) is 5.11 Å². The summed E-state index contributed by atoms with van der Waals surface area (Å²) >= 11 is 1.13. The van der Waals surface area contributed by atoms with Gasteiger partial charge in [-0.1, -0.05) is 6.07 Å². The average Bonchev–Trinajstić information content (AvgIpc) is 2.77. The second-order valence-electron chi connectivity index (χ2n) is 3.79. The molecule has 1 unspecified atom stereocenters. The third-order valence-corrected chi connectivity index (χ3v) is 3.39. The Morgan fingerprint density at radius 3 is 2.67 bits per heavy atom. The number of hydrogen-bond donors (Lipinski definition) is 2. The predicted octanol–water partition coefficient (Wildman–Crippen LogP) is 2.70. The van der Waals surface area contributed by atoms with E-state index in [0.717, 1.165) is 17.6 Å². The maximum absolute atomic E-state index is 13.5. The summed E-state index contributed by atoms with van der Waals surface area (Å²) in [6.45, 7) is 1.62. The van der Waals surface area contributed by atoms with Crippen molar-refractivity contribution in [2.75, 3.05) is 0 Å². The summed E-state index contributed by atoms with van der Waals surface area (Å²) in [5, 5.41) is 18.1. The molecule has 0 saturated heterocycles. The Labute approximate surface area is 106 Å². The van der Waals surface area contributed by atoms with Crippen LogP contribution in [0.15, 0.2) is 24.3 Å². The summed E-state index contributed by atoms with van der Waals surface area (Å²) in [5.74, 6) is -2.10. The molecule has 0 fully saturated rings. The topological polar surface area (TPSA) is 70.4 Å². The first kappa shape index (κ1) is 12.7. The molecule has 0 aliphatic carbocycles. The molecule has 1 aromatic carbocycles. The standard InChI is InChI=1S/C12H10FNO3S/c1-6(15)11-5-10(14-18-11)7-2-3-8(12(16)17)9(13)4-7/h2-6,15H,1H3,(H,16,17). The Hall–Kier alpha value is -1.79. The highest BCUT2D eigenvalue weighted by molar-refractivity contribution is 7.06. The molecule has 0 saturated carbocycles. The van der Waals surface area contributed by atoms with Crippen molar-refractivity contribution in [3.05, 3.63) is 40.5 Å². The first-order valence-corrected chi connectivity index (χ1v) is 5.94. The SMILES string of the molecule is CC(O)c1cc(-c2ccc(C(=O)O)c(F)c2)ns1. The van der Waals surface area contributed by atoms with E-state index in [2.05, 4.69) is 4.37 Å². The molecule has 0 aliphatic rings. The van der Waals surface area contributed by atoms with Crippen LogP contribution in [-0.2, 0) is 0 Å². The van der Waals surface area contributed by atoms with Crippen molar-refractivity contribution in [3.8, 4) is 11.3 Å². The van der Waals surface area contributed by atoms with Crippen LogP contribution in [-0.4, -0.2) is 20.6 Å². The fraction of sp³-hybridized carbons (Fsp3) is 0.167. The number of benzene rings is 1. The smallest absolute Gasteiger partial charge is 0.338 e. The molecule has 0 amide bonds. The molecule has 0 spiro atoms. The van der Waals surface area contributed by atoms with Gasteiger partial charge in [0.1, 0.15) is 5.82 Å². The molecule has 2 N–H and O–H groups in total. The van der Waals surface area contributed by atoms with E-state index in [-0.39, 0.29) is 5.56 Å². The molecule has 0 radical (unpaired) electrons. The molecule has 2 rings (SSSR count). The van der Waals surface area contributed by atoms with Crippen molar-refractivity contribution in [1.29, 1.82) is 0 Å². The minimum absolute atomic E-state index is 0.371. The lowest BCUT2D eigenvalue weighted by Gasteiger charge is -2.00. The van der Waals surface area contributed by atoms with Crippen molar-refractivity contribution >= 4 is 17.5 Å². The highest BCUT2D eigenvalue weighted by atomic mass is 32.1. The lowest BCUT2D eigenvalue weighted by Crippen LogP contribution is -2.00. The summed E-state index contributed by atoms with van der Waals surface area (Å²) < 4.78 is 17.6. The van der Waals surface area contributed by atoms with Gasteiger partial charge in [0.05, 0.1) is 22.2 Å². The van der Waals surface area contributed by atoms with Crippen LogP contribution in [0.5, 0.6) is 0 Å². The first-order chi connectivity index (χ1) is 8.49. The van der Waals surface area contributed by atoms with Crippen LogP contribution in [0.25, 0.3) is 11.3 Å². The summed E-state index contributed by atoms with van der Waals surface area (Å²) in [4.78, 5) is 11.4. The monoisotopic (exact) mass is 267 g/mol. The fourth-order valence-corrected chi connectivity index (χ4v) is 2.15. The van der Waals surface area contributed by atoms with Gasteiger partial charge in [-0.3, -0.25) is 0 Å². The summed E-state index contributed by atoms with van der Waals surface area (Å²) in [6.07, 6.45) is -0.626. The maximum atomic E-state index is 13.5. The van der Waals surface area contributed by atoms with Gasteiger partial charge < -0.3 is 10.2 Å². The number of rotatable bonds is 3. The van der Waals surface area contributed by atoms with E-state index in [1.165, 1.54) is 12.1 Å². The highest BCUT2D eigenvalue weighted by Gasteiger charge is 2.13. The fourth-order valence-electron chi connectivity index (χ4n) is 1.47. The quantitative estimate of drug-likeness (QED) is 0.897. The third kappa shape index (κ3) is 2.39. The van der Waals surface area contributed by atoms with Crippen molar-refractivity contribution in [1.82, 2.24) is 4.37 Å². The van der Waals surface area contributed by atoms with Gasteiger partial charge in [0.2, 0.25) is 0 Å². The average molecular weight is 267 g/mol. The molecule has 18 heavy (non-hydrogen) atoms. The minimum Gasteiger partial charge on any atom is -0.478 e. The van der Waals surface area contributed by atoms with Gasteiger partial charge in [-0.2, -0.15) is 4.37 Å². The zero-order chi connectivity index (χ0) is 13.3. The predicted molar refractivity (Wildman–Crippen MR) is 65.1 cm³/mol. The van der Waals surface area contributed by atoms with E-state index in [1.54, 1.807) is 13.0 Å². The number of aliphatic hydroxyl groups is 1. The lowest BCUT2D eigenvalue weighted by molar-refractivity contribution is 0.0692. The zero-order valence-corrected chi connectivity index (χ0v) is 10.2. The van der Waals surface area contributed by atoms with Crippen LogP contribution in [0.2, 0.25) is 0 Å². The number of aromatic carboxylic acids is 1.